The second-order valence-electron chi connectivity index (χ2n) is 4.58. The van der Waals surface area contributed by atoms with Gasteiger partial charge in [0, 0.05) is 12.6 Å². The van der Waals surface area contributed by atoms with Crippen molar-refractivity contribution in [3.05, 3.63) is 35.4 Å². The highest BCUT2D eigenvalue weighted by molar-refractivity contribution is 5.20. The van der Waals surface area contributed by atoms with E-state index in [0.29, 0.717) is 12.0 Å². The maximum atomic E-state index is 13.0. The van der Waals surface area contributed by atoms with Gasteiger partial charge >= 0.3 is 0 Å². The molecule has 0 bridgehead atoms. The minimum absolute atomic E-state index is 0.0324. The average molecular weight is 259 g/mol. The summed E-state index contributed by atoms with van der Waals surface area (Å²) in [5.74, 6) is -1.90. The van der Waals surface area contributed by atoms with Crippen molar-refractivity contribution in [3.8, 4) is 0 Å². The van der Waals surface area contributed by atoms with Crippen molar-refractivity contribution < 1.29 is 19.0 Å². The van der Waals surface area contributed by atoms with Gasteiger partial charge in [-0.25, -0.2) is 8.78 Å². The van der Waals surface area contributed by atoms with Crippen LogP contribution >= 0.6 is 0 Å². The van der Waals surface area contributed by atoms with Crippen LogP contribution in [-0.4, -0.2) is 28.9 Å². The molecule has 0 aliphatic heterocycles. The van der Waals surface area contributed by atoms with E-state index in [-0.39, 0.29) is 12.6 Å². The highest BCUT2D eigenvalue weighted by Gasteiger charge is 2.12. The Labute approximate surface area is 105 Å². The van der Waals surface area contributed by atoms with E-state index in [4.69, 9.17) is 0 Å². The van der Waals surface area contributed by atoms with Crippen molar-refractivity contribution in [1.29, 1.82) is 0 Å². The summed E-state index contributed by atoms with van der Waals surface area (Å²) in [7, 11) is 0. The van der Waals surface area contributed by atoms with Gasteiger partial charge in [0.25, 0.3) is 0 Å². The Morgan fingerprint density at radius 1 is 1.17 bits per heavy atom. The highest BCUT2D eigenvalue weighted by atomic mass is 19.2. The Morgan fingerprint density at radius 2 is 1.83 bits per heavy atom. The van der Waals surface area contributed by atoms with E-state index in [0.717, 1.165) is 12.1 Å². The van der Waals surface area contributed by atoms with Gasteiger partial charge in [-0.3, -0.25) is 0 Å². The minimum atomic E-state index is -0.969. The molecule has 18 heavy (non-hydrogen) atoms. The number of nitrogens with one attached hydrogen (secondary N) is 1. The van der Waals surface area contributed by atoms with Crippen molar-refractivity contribution in [2.45, 2.75) is 38.5 Å². The first-order valence-electron chi connectivity index (χ1n) is 5.94. The molecule has 0 spiro atoms. The largest absolute Gasteiger partial charge is 0.393 e. The molecule has 0 aromatic heterocycles. The van der Waals surface area contributed by atoms with Gasteiger partial charge < -0.3 is 15.5 Å². The predicted octanol–water partition coefficient (Wildman–Crippen LogP) is 1.75. The van der Waals surface area contributed by atoms with Gasteiger partial charge in [-0.15, -0.1) is 0 Å². The van der Waals surface area contributed by atoms with Crippen LogP contribution in [0.5, 0.6) is 0 Å². The fraction of sp³-hybridized carbons (Fsp3) is 0.538. The molecule has 102 valence electrons. The lowest BCUT2D eigenvalue weighted by atomic mass is 10.1. The standard InChI is InChI=1S/C13H19F2NO2/c1-8(5-9(2)17)16-7-13(18)10-3-4-11(14)12(15)6-10/h3-4,6,8-9,13,16-18H,5,7H2,1-2H3. The van der Waals surface area contributed by atoms with Crippen LogP contribution in [0, 0.1) is 11.6 Å². The summed E-state index contributed by atoms with van der Waals surface area (Å²) >= 11 is 0. The monoisotopic (exact) mass is 259 g/mol. The van der Waals surface area contributed by atoms with Crippen LogP contribution in [0.3, 0.4) is 0 Å². The van der Waals surface area contributed by atoms with Gasteiger partial charge in [-0.2, -0.15) is 0 Å². The fourth-order valence-corrected chi connectivity index (χ4v) is 1.75. The summed E-state index contributed by atoms with van der Waals surface area (Å²) < 4.78 is 25.7. The van der Waals surface area contributed by atoms with Gasteiger partial charge in [-0.1, -0.05) is 6.07 Å². The fourth-order valence-electron chi connectivity index (χ4n) is 1.75. The summed E-state index contributed by atoms with van der Waals surface area (Å²) in [5, 5.41) is 22.0. The number of benzene rings is 1. The molecular weight excluding hydrogens is 240 g/mol. The van der Waals surface area contributed by atoms with Crippen LogP contribution in [-0.2, 0) is 0 Å². The lowest BCUT2D eigenvalue weighted by Crippen LogP contribution is -2.32. The zero-order chi connectivity index (χ0) is 13.7. The second-order valence-corrected chi connectivity index (χ2v) is 4.58. The van der Waals surface area contributed by atoms with Crippen LogP contribution in [0.4, 0.5) is 8.78 Å². The number of aliphatic hydroxyl groups is 2. The topological polar surface area (TPSA) is 52.5 Å². The Kier molecular flexibility index (Phi) is 5.65. The maximum absolute atomic E-state index is 13.0. The third kappa shape index (κ3) is 4.68. The summed E-state index contributed by atoms with van der Waals surface area (Å²) in [6, 6.07) is 3.36. The lowest BCUT2D eigenvalue weighted by Gasteiger charge is -2.18. The molecule has 1 aromatic rings. The van der Waals surface area contributed by atoms with Crippen molar-refractivity contribution in [2.75, 3.05) is 6.54 Å². The van der Waals surface area contributed by atoms with Gasteiger partial charge in [0.2, 0.25) is 0 Å². The first-order valence-corrected chi connectivity index (χ1v) is 5.94. The maximum Gasteiger partial charge on any atom is 0.159 e. The predicted molar refractivity (Wildman–Crippen MR) is 65.1 cm³/mol. The molecule has 0 heterocycles. The van der Waals surface area contributed by atoms with Crippen LogP contribution in [0.25, 0.3) is 0 Å². The van der Waals surface area contributed by atoms with Crippen molar-refractivity contribution >= 4 is 0 Å². The first-order chi connectivity index (χ1) is 8.40. The highest BCUT2D eigenvalue weighted by Crippen LogP contribution is 2.15. The summed E-state index contributed by atoms with van der Waals surface area (Å²) in [6.45, 7) is 3.79. The molecule has 0 aliphatic rings. The van der Waals surface area contributed by atoms with Gasteiger partial charge in [0.1, 0.15) is 0 Å². The molecule has 3 unspecified atom stereocenters. The van der Waals surface area contributed by atoms with E-state index < -0.39 is 23.8 Å². The van der Waals surface area contributed by atoms with Crippen LogP contribution < -0.4 is 5.32 Å². The number of aliphatic hydroxyl groups excluding tert-OH is 2. The zero-order valence-electron chi connectivity index (χ0n) is 10.5. The minimum Gasteiger partial charge on any atom is -0.393 e. The number of hydrogen-bond acceptors (Lipinski definition) is 3. The molecule has 3 N–H and O–H groups in total. The molecule has 0 saturated carbocycles. The average Bonchev–Trinajstić information content (AvgIpc) is 2.28. The smallest absolute Gasteiger partial charge is 0.159 e. The van der Waals surface area contributed by atoms with Crippen molar-refractivity contribution in [2.24, 2.45) is 0 Å². The van der Waals surface area contributed by atoms with Gasteiger partial charge in [-0.05, 0) is 38.0 Å². The second kappa shape index (κ2) is 6.78. The Bertz CT molecular complexity index is 385. The molecule has 0 saturated heterocycles. The third-order valence-electron chi connectivity index (χ3n) is 2.68. The normalized spacial score (nSPS) is 16.3. The summed E-state index contributed by atoms with van der Waals surface area (Å²) in [6.07, 6.45) is -0.769. The SMILES string of the molecule is CC(O)CC(C)NCC(O)c1ccc(F)c(F)c1. The molecule has 3 atom stereocenters. The molecule has 1 aromatic carbocycles. The quantitative estimate of drug-likeness (QED) is 0.729. The van der Waals surface area contributed by atoms with Crippen LogP contribution in [0.1, 0.15) is 31.9 Å². The van der Waals surface area contributed by atoms with Crippen LogP contribution in [0.15, 0.2) is 18.2 Å². The molecule has 0 fully saturated rings. The Balaban J connectivity index is 2.49. The first kappa shape index (κ1) is 15.0. The number of rotatable bonds is 6. The zero-order valence-corrected chi connectivity index (χ0v) is 10.5. The number of hydrogen-bond donors (Lipinski definition) is 3. The van der Waals surface area contributed by atoms with Crippen molar-refractivity contribution in [1.82, 2.24) is 5.32 Å². The van der Waals surface area contributed by atoms with Crippen molar-refractivity contribution in [3.63, 3.8) is 0 Å². The summed E-state index contributed by atoms with van der Waals surface area (Å²) in [5.41, 5.74) is 0.325. The third-order valence-corrected chi connectivity index (χ3v) is 2.68. The molecule has 0 radical (unpaired) electrons. The Hall–Kier alpha value is -1.04. The number of halogens is 2. The van der Waals surface area contributed by atoms with E-state index in [1.54, 1.807) is 6.92 Å². The van der Waals surface area contributed by atoms with Crippen LogP contribution in [0.2, 0.25) is 0 Å². The molecule has 5 heteroatoms. The summed E-state index contributed by atoms with van der Waals surface area (Å²) in [4.78, 5) is 0. The van der Waals surface area contributed by atoms with E-state index in [9.17, 15) is 19.0 Å². The molecule has 3 nitrogen and oxygen atoms in total. The van der Waals surface area contributed by atoms with Gasteiger partial charge in [0.05, 0.1) is 12.2 Å². The van der Waals surface area contributed by atoms with E-state index in [2.05, 4.69) is 5.32 Å². The van der Waals surface area contributed by atoms with E-state index >= 15 is 0 Å². The molecule has 0 amide bonds. The molecule has 0 aliphatic carbocycles. The molecular formula is C13H19F2NO2. The molecule has 1 rings (SSSR count). The van der Waals surface area contributed by atoms with E-state index in [1.807, 2.05) is 6.92 Å². The van der Waals surface area contributed by atoms with E-state index in [1.165, 1.54) is 6.07 Å². The van der Waals surface area contributed by atoms with Gasteiger partial charge in [0.15, 0.2) is 11.6 Å². The lowest BCUT2D eigenvalue weighted by molar-refractivity contribution is 0.149. The Morgan fingerprint density at radius 3 is 2.39 bits per heavy atom.